The normalized spacial score (nSPS) is 22.6. The van der Waals surface area contributed by atoms with Crippen molar-refractivity contribution in [3.05, 3.63) is 60.2 Å². The number of nitrogens with one attached hydrogen (secondary N) is 1. The minimum absolute atomic E-state index is 0.0218. The van der Waals surface area contributed by atoms with E-state index in [0.717, 1.165) is 36.4 Å². The van der Waals surface area contributed by atoms with Gasteiger partial charge >= 0.3 is 0 Å². The van der Waals surface area contributed by atoms with Crippen LogP contribution in [0.5, 0.6) is 0 Å². The molecule has 6 nitrogen and oxygen atoms in total. The van der Waals surface area contributed by atoms with Gasteiger partial charge in [-0.05, 0) is 43.5 Å². The Morgan fingerprint density at radius 3 is 2.70 bits per heavy atom. The Kier molecular flexibility index (Phi) is 6.50. The highest BCUT2D eigenvalue weighted by molar-refractivity contribution is 8.15. The summed E-state index contributed by atoms with van der Waals surface area (Å²) < 4.78 is 5.74. The van der Waals surface area contributed by atoms with Crippen LogP contribution in [0.1, 0.15) is 24.8 Å². The number of aryl methyl sites for hydroxylation is 1. The number of hydrogen-bond donors (Lipinski definition) is 1. The summed E-state index contributed by atoms with van der Waals surface area (Å²) in [5, 5.41) is 3.02. The maximum Gasteiger partial charge on any atom is 0.242 e. The molecule has 156 valence electrons. The lowest BCUT2D eigenvalue weighted by Crippen LogP contribution is -2.38. The number of nitrogens with zero attached hydrogens (tertiary/aromatic N) is 2. The largest absolute Gasteiger partial charge is 0.376 e. The van der Waals surface area contributed by atoms with Gasteiger partial charge in [0.25, 0.3) is 0 Å². The zero-order chi connectivity index (χ0) is 20.9. The third-order valence-electron chi connectivity index (χ3n) is 5.19. The van der Waals surface area contributed by atoms with Crippen LogP contribution in [0.2, 0.25) is 0 Å². The van der Waals surface area contributed by atoms with Crippen LogP contribution >= 0.6 is 11.8 Å². The number of para-hydroxylation sites is 2. The molecule has 2 heterocycles. The molecule has 30 heavy (non-hydrogen) atoms. The first-order chi connectivity index (χ1) is 14.6. The lowest BCUT2D eigenvalue weighted by molar-refractivity contribution is -0.129. The van der Waals surface area contributed by atoms with Crippen molar-refractivity contribution in [1.29, 1.82) is 0 Å². The monoisotopic (exact) mass is 423 g/mol. The summed E-state index contributed by atoms with van der Waals surface area (Å²) >= 11 is 1.36. The predicted molar refractivity (Wildman–Crippen MR) is 120 cm³/mol. The molecule has 1 N–H and O–H groups in total. The fraction of sp³-hybridized carbons (Fsp3) is 0.348. The van der Waals surface area contributed by atoms with Gasteiger partial charge in [0.1, 0.15) is 5.25 Å². The van der Waals surface area contributed by atoms with Gasteiger partial charge in [-0.3, -0.25) is 14.5 Å². The van der Waals surface area contributed by atoms with Crippen molar-refractivity contribution in [3.8, 4) is 0 Å². The van der Waals surface area contributed by atoms with Gasteiger partial charge in [0.15, 0.2) is 5.17 Å². The second-order valence-electron chi connectivity index (χ2n) is 7.49. The Bertz CT molecular complexity index is 942. The number of hydrogen-bond acceptors (Lipinski definition) is 5. The molecule has 7 heteroatoms. The fourth-order valence-corrected chi connectivity index (χ4v) is 4.74. The topological polar surface area (TPSA) is 71.0 Å². The van der Waals surface area contributed by atoms with Crippen molar-refractivity contribution >= 4 is 40.1 Å². The number of carbonyl (C=O) groups excluding carboxylic acids is 2. The molecular weight excluding hydrogens is 398 g/mol. The van der Waals surface area contributed by atoms with Gasteiger partial charge in [0.2, 0.25) is 11.8 Å². The van der Waals surface area contributed by atoms with Gasteiger partial charge < -0.3 is 10.1 Å². The molecule has 0 saturated carbocycles. The predicted octanol–water partition coefficient (Wildman–Crippen LogP) is 4.13. The highest BCUT2D eigenvalue weighted by atomic mass is 32.2. The fourth-order valence-electron chi connectivity index (χ4n) is 3.58. The SMILES string of the molecule is Cc1ccccc1N=C1S[C@@H](CC(=O)Nc2ccccc2)C(=O)N1C[C@@H]1CCCO1. The zero-order valence-electron chi connectivity index (χ0n) is 16.9. The van der Waals surface area contributed by atoms with E-state index < -0.39 is 5.25 Å². The number of benzene rings is 2. The Labute approximate surface area is 180 Å². The van der Waals surface area contributed by atoms with Crippen LogP contribution in [0.3, 0.4) is 0 Å². The maximum absolute atomic E-state index is 13.2. The van der Waals surface area contributed by atoms with E-state index in [4.69, 9.17) is 9.73 Å². The van der Waals surface area contributed by atoms with E-state index in [2.05, 4.69) is 5.32 Å². The molecule has 2 saturated heterocycles. The number of aliphatic imine (C=N–C) groups is 1. The van der Waals surface area contributed by atoms with Gasteiger partial charge in [0.05, 0.1) is 18.3 Å². The molecule has 0 aliphatic carbocycles. The number of amidine groups is 1. The van der Waals surface area contributed by atoms with Crippen molar-refractivity contribution in [2.45, 2.75) is 37.5 Å². The molecule has 0 radical (unpaired) electrons. The van der Waals surface area contributed by atoms with E-state index >= 15 is 0 Å². The van der Waals surface area contributed by atoms with Crippen molar-refractivity contribution in [3.63, 3.8) is 0 Å². The van der Waals surface area contributed by atoms with Crippen molar-refractivity contribution in [1.82, 2.24) is 4.90 Å². The first-order valence-corrected chi connectivity index (χ1v) is 11.1. The smallest absolute Gasteiger partial charge is 0.242 e. The third kappa shape index (κ3) is 4.91. The average molecular weight is 424 g/mol. The standard InChI is InChI=1S/C23H25N3O3S/c1-16-8-5-6-12-19(16)25-23-26(15-18-11-7-13-29-18)22(28)20(30-23)14-21(27)24-17-9-3-2-4-10-17/h2-6,8-10,12,18,20H,7,11,13-15H2,1H3,(H,24,27)/t18-,20-/m0/s1. The van der Waals surface area contributed by atoms with Crippen molar-refractivity contribution < 1.29 is 14.3 Å². The highest BCUT2D eigenvalue weighted by Crippen LogP contribution is 2.33. The van der Waals surface area contributed by atoms with Gasteiger partial charge in [-0.1, -0.05) is 48.2 Å². The van der Waals surface area contributed by atoms with Gasteiger partial charge in [-0.25, -0.2) is 4.99 Å². The molecule has 0 unspecified atom stereocenters. The van der Waals surface area contributed by atoms with Crippen LogP contribution in [0.25, 0.3) is 0 Å². The number of carbonyl (C=O) groups is 2. The summed E-state index contributed by atoms with van der Waals surface area (Å²) in [4.78, 5) is 32.2. The Morgan fingerprint density at radius 1 is 1.20 bits per heavy atom. The van der Waals surface area contributed by atoms with Crippen LogP contribution in [0, 0.1) is 6.92 Å². The summed E-state index contributed by atoms with van der Waals surface area (Å²) in [5.41, 5.74) is 2.60. The van der Waals surface area contributed by atoms with Gasteiger partial charge in [0, 0.05) is 18.7 Å². The van der Waals surface area contributed by atoms with Crippen LogP contribution in [0.15, 0.2) is 59.6 Å². The summed E-state index contributed by atoms with van der Waals surface area (Å²) in [6.07, 6.45) is 2.07. The lowest BCUT2D eigenvalue weighted by atomic mass is 10.2. The average Bonchev–Trinajstić information content (AvgIpc) is 3.35. The van der Waals surface area contributed by atoms with Crippen molar-refractivity contribution in [2.75, 3.05) is 18.5 Å². The molecule has 2 aliphatic heterocycles. The van der Waals surface area contributed by atoms with Crippen molar-refractivity contribution in [2.24, 2.45) is 4.99 Å². The molecule has 2 amide bonds. The molecule has 2 fully saturated rings. The summed E-state index contributed by atoms with van der Waals surface area (Å²) in [6, 6.07) is 17.1. The molecule has 0 spiro atoms. The molecule has 4 rings (SSSR count). The molecular formula is C23H25N3O3S. The van der Waals surface area contributed by atoms with Crippen LogP contribution in [-0.2, 0) is 14.3 Å². The van der Waals surface area contributed by atoms with E-state index in [-0.39, 0.29) is 24.3 Å². The minimum Gasteiger partial charge on any atom is -0.376 e. The number of thioether (sulfide) groups is 1. The Hall–Kier alpha value is -2.64. The highest BCUT2D eigenvalue weighted by Gasteiger charge is 2.40. The minimum atomic E-state index is -0.488. The number of ether oxygens (including phenoxy) is 1. The van der Waals surface area contributed by atoms with Crippen LogP contribution in [-0.4, -0.2) is 46.4 Å². The van der Waals surface area contributed by atoms with Gasteiger partial charge in [-0.15, -0.1) is 0 Å². The quantitative estimate of drug-likeness (QED) is 0.758. The Morgan fingerprint density at radius 2 is 1.97 bits per heavy atom. The van der Waals surface area contributed by atoms with E-state index in [1.165, 1.54) is 11.8 Å². The first-order valence-electron chi connectivity index (χ1n) is 10.2. The molecule has 2 aromatic carbocycles. The summed E-state index contributed by atoms with van der Waals surface area (Å²) in [7, 11) is 0. The number of anilines is 1. The lowest BCUT2D eigenvalue weighted by Gasteiger charge is -2.20. The molecule has 0 aromatic heterocycles. The molecule has 2 aliphatic rings. The van der Waals surface area contributed by atoms with Crippen LogP contribution in [0.4, 0.5) is 11.4 Å². The second kappa shape index (κ2) is 9.45. The Balaban J connectivity index is 1.51. The summed E-state index contributed by atoms with van der Waals surface area (Å²) in [5.74, 6) is -0.257. The maximum atomic E-state index is 13.2. The summed E-state index contributed by atoms with van der Waals surface area (Å²) in [6.45, 7) is 3.20. The molecule has 0 bridgehead atoms. The van der Waals surface area contributed by atoms with Crippen LogP contribution < -0.4 is 5.32 Å². The van der Waals surface area contributed by atoms with E-state index in [1.807, 2.05) is 61.5 Å². The van der Waals surface area contributed by atoms with E-state index in [1.54, 1.807) is 4.90 Å². The molecule has 2 aromatic rings. The van der Waals surface area contributed by atoms with E-state index in [9.17, 15) is 9.59 Å². The molecule has 2 atom stereocenters. The number of rotatable bonds is 6. The second-order valence-corrected chi connectivity index (χ2v) is 8.66. The van der Waals surface area contributed by atoms with E-state index in [0.29, 0.717) is 11.7 Å². The number of amides is 2. The third-order valence-corrected chi connectivity index (χ3v) is 6.37. The first kappa shape index (κ1) is 20.6. The van der Waals surface area contributed by atoms with Gasteiger partial charge in [-0.2, -0.15) is 0 Å². The zero-order valence-corrected chi connectivity index (χ0v) is 17.7.